The first-order valence-corrected chi connectivity index (χ1v) is 7.02. The molecular weight excluding hydrogens is 266 g/mol. The van der Waals surface area contributed by atoms with Crippen molar-refractivity contribution in [3.8, 4) is 11.5 Å². The fourth-order valence-corrected chi connectivity index (χ4v) is 2.00. The minimum absolute atomic E-state index is 0.122. The second-order valence-corrected chi connectivity index (χ2v) is 4.58. The normalized spacial score (nSPS) is 10.2. The lowest BCUT2D eigenvalue weighted by molar-refractivity contribution is 0.103. The van der Waals surface area contributed by atoms with Gasteiger partial charge >= 0.3 is 0 Å². The monoisotopic (exact) mass is 285 g/mol. The summed E-state index contributed by atoms with van der Waals surface area (Å²) in [6.45, 7) is 6.80. The van der Waals surface area contributed by atoms with E-state index in [4.69, 9.17) is 9.47 Å². The summed E-state index contributed by atoms with van der Waals surface area (Å²) in [7, 11) is 0. The van der Waals surface area contributed by atoms with E-state index in [9.17, 15) is 4.79 Å². The number of rotatable bonds is 6. The second-order valence-electron chi connectivity index (χ2n) is 4.58. The summed E-state index contributed by atoms with van der Waals surface area (Å²) in [4.78, 5) is 16.6. The highest BCUT2D eigenvalue weighted by molar-refractivity contribution is 6.08. The minimum atomic E-state index is -0.122. The molecule has 0 saturated carbocycles. The summed E-state index contributed by atoms with van der Waals surface area (Å²) in [6.07, 6.45) is 1.64. The smallest absolute Gasteiger partial charge is 0.211 e. The van der Waals surface area contributed by atoms with Crippen LogP contribution in [0.15, 0.2) is 36.5 Å². The summed E-state index contributed by atoms with van der Waals surface area (Å²) in [6, 6.07) is 8.85. The topological polar surface area (TPSA) is 48.4 Å². The van der Waals surface area contributed by atoms with Gasteiger partial charge in [0.2, 0.25) is 5.78 Å². The molecule has 4 heteroatoms. The predicted octanol–water partition coefficient (Wildman–Crippen LogP) is 3.42. The second kappa shape index (κ2) is 6.88. The van der Waals surface area contributed by atoms with Gasteiger partial charge in [-0.25, -0.2) is 0 Å². The Labute approximate surface area is 124 Å². The highest BCUT2D eigenvalue weighted by Gasteiger charge is 2.14. The Hall–Kier alpha value is -2.36. The standard InChI is InChI=1S/C17H19NO3/c1-4-20-15-7-6-13(11-16(15)21-5-2)17(19)14-10-12(3)8-9-18-14/h6-11H,4-5H2,1-3H3. The van der Waals surface area contributed by atoms with E-state index < -0.39 is 0 Å². The molecule has 0 fully saturated rings. The van der Waals surface area contributed by atoms with E-state index in [1.54, 1.807) is 30.5 Å². The SMILES string of the molecule is CCOc1ccc(C(=O)c2cc(C)ccn2)cc1OCC. The van der Waals surface area contributed by atoms with E-state index >= 15 is 0 Å². The van der Waals surface area contributed by atoms with E-state index in [1.165, 1.54) is 0 Å². The Morgan fingerprint density at radius 3 is 2.43 bits per heavy atom. The molecule has 0 aliphatic carbocycles. The first kappa shape index (κ1) is 15.0. The van der Waals surface area contributed by atoms with Crippen molar-refractivity contribution >= 4 is 5.78 Å². The Morgan fingerprint density at radius 1 is 1.05 bits per heavy atom. The number of hydrogen-bond donors (Lipinski definition) is 0. The fraction of sp³-hybridized carbons (Fsp3) is 0.294. The van der Waals surface area contributed by atoms with Gasteiger partial charge in [0.1, 0.15) is 5.69 Å². The Morgan fingerprint density at radius 2 is 1.76 bits per heavy atom. The molecule has 0 bridgehead atoms. The zero-order chi connectivity index (χ0) is 15.2. The molecule has 1 aromatic carbocycles. The van der Waals surface area contributed by atoms with Crippen LogP contribution in [0, 0.1) is 6.92 Å². The van der Waals surface area contributed by atoms with Crippen molar-refractivity contribution in [2.24, 2.45) is 0 Å². The number of ketones is 1. The highest BCUT2D eigenvalue weighted by atomic mass is 16.5. The molecule has 2 rings (SSSR count). The van der Waals surface area contributed by atoms with Crippen molar-refractivity contribution in [1.82, 2.24) is 4.98 Å². The van der Waals surface area contributed by atoms with Crippen LogP contribution in [0.2, 0.25) is 0 Å². The van der Waals surface area contributed by atoms with Crippen molar-refractivity contribution in [3.63, 3.8) is 0 Å². The molecule has 0 N–H and O–H groups in total. The molecule has 1 heterocycles. The van der Waals surface area contributed by atoms with Gasteiger partial charge in [-0.2, -0.15) is 0 Å². The number of carbonyl (C=O) groups is 1. The molecular formula is C17H19NO3. The number of benzene rings is 1. The summed E-state index contributed by atoms with van der Waals surface area (Å²) in [5, 5.41) is 0. The third-order valence-corrected chi connectivity index (χ3v) is 2.95. The van der Waals surface area contributed by atoms with Gasteiger partial charge in [-0.05, 0) is 56.7 Å². The number of aromatic nitrogens is 1. The van der Waals surface area contributed by atoms with Crippen LogP contribution in [0.4, 0.5) is 0 Å². The van der Waals surface area contributed by atoms with E-state index in [0.29, 0.717) is 36.0 Å². The molecule has 0 aliphatic heterocycles. The molecule has 21 heavy (non-hydrogen) atoms. The zero-order valence-electron chi connectivity index (χ0n) is 12.6. The molecule has 0 amide bonds. The van der Waals surface area contributed by atoms with Crippen LogP contribution >= 0.6 is 0 Å². The fourth-order valence-electron chi connectivity index (χ4n) is 2.00. The Bertz CT molecular complexity index is 638. The van der Waals surface area contributed by atoms with E-state index in [1.807, 2.05) is 26.8 Å². The van der Waals surface area contributed by atoms with Crippen LogP contribution < -0.4 is 9.47 Å². The minimum Gasteiger partial charge on any atom is -0.490 e. The van der Waals surface area contributed by atoms with Crippen molar-refractivity contribution in [1.29, 1.82) is 0 Å². The van der Waals surface area contributed by atoms with E-state index in [2.05, 4.69) is 4.98 Å². The maximum Gasteiger partial charge on any atom is 0.211 e. The van der Waals surface area contributed by atoms with Crippen molar-refractivity contribution < 1.29 is 14.3 Å². The van der Waals surface area contributed by atoms with Gasteiger partial charge < -0.3 is 9.47 Å². The van der Waals surface area contributed by atoms with Crippen molar-refractivity contribution in [2.75, 3.05) is 13.2 Å². The molecule has 0 atom stereocenters. The van der Waals surface area contributed by atoms with Crippen molar-refractivity contribution in [3.05, 3.63) is 53.3 Å². The van der Waals surface area contributed by atoms with Gasteiger partial charge in [0.15, 0.2) is 11.5 Å². The van der Waals surface area contributed by atoms with Gasteiger partial charge in [-0.3, -0.25) is 9.78 Å². The van der Waals surface area contributed by atoms with E-state index in [-0.39, 0.29) is 5.78 Å². The molecule has 4 nitrogen and oxygen atoms in total. The van der Waals surface area contributed by atoms with Crippen LogP contribution in [0.5, 0.6) is 11.5 Å². The van der Waals surface area contributed by atoms with Crippen LogP contribution in [0.3, 0.4) is 0 Å². The first-order valence-electron chi connectivity index (χ1n) is 7.02. The number of pyridine rings is 1. The zero-order valence-corrected chi connectivity index (χ0v) is 12.6. The number of hydrogen-bond acceptors (Lipinski definition) is 4. The number of aryl methyl sites for hydroxylation is 1. The van der Waals surface area contributed by atoms with Crippen molar-refractivity contribution in [2.45, 2.75) is 20.8 Å². The Balaban J connectivity index is 2.35. The average molecular weight is 285 g/mol. The van der Waals surface area contributed by atoms with Gasteiger partial charge in [-0.1, -0.05) is 0 Å². The molecule has 1 aromatic heterocycles. The molecule has 0 unspecified atom stereocenters. The van der Waals surface area contributed by atoms with Gasteiger partial charge in [0.05, 0.1) is 13.2 Å². The van der Waals surface area contributed by atoms with Crippen LogP contribution in [0.25, 0.3) is 0 Å². The molecule has 0 aliphatic rings. The predicted molar refractivity (Wildman–Crippen MR) is 81.2 cm³/mol. The molecule has 0 saturated heterocycles. The van der Waals surface area contributed by atoms with Crippen LogP contribution in [-0.4, -0.2) is 24.0 Å². The highest BCUT2D eigenvalue weighted by Crippen LogP contribution is 2.29. The van der Waals surface area contributed by atoms with Crippen LogP contribution in [0.1, 0.15) is 35.5 Å². The largest absolute Gasteiger partial charge is 0.490 e. The Kier molecular flexibility index (Phi) is 4.93. The molecule has 0 radical (unpaired) electrons. The number of nitrogens with zero attached hydrogens (tertiary/aromatic N) is 1. The number of carbonyl (C=O) groups excluding carboxylic acids is 1. The average Bonchev–Trinajstić information content (AvgIpc) is 2.49. The maximum absolute atomic E-state index is 12.5. The maximum atomic E-state index is 12.5. The van der Waals surface area contributed by atoms with Crippen LogP contribution in [-0.2, 0) is 0 Å². The summed E-state index contributed by atoms with van der Waals surface area (Å²) in [5.74, 6) is 1.11. The molecule has 2 aromatic rings. The summed E-state index contributed by atoms with van der Waals surface area (Å²) >= 11 is 0. The molecule has 0 spiro atoms. The number of ether oxygens (including phenoxy) is 2. The lowest BCUT2D eigenvalue weighted by atomic mass is 10.1. The van der Waals surface area contributed by atoms with Gasteiger partial charge in [0.25, 0.3) is 0 Å². The lowest BCUT2D eigenvalue weighted by Crippen LogP contribution is -2.06. The lowest BCUT2D eigenvalue weighted by Gasteiger charge is -2.12. The third-order valence-electron chi connectivity index (χ3n) is 2.95. The van der Waals surface area contributed by atoms with Gasteiger partial charge in [0, 0.05) is 11.8 Å². The van der Waals surface area contributed by atoms with Gasteiger partial charge in [-0.15, -0.1) is 0 Å². The quantitative estimate of drug-likeness (QED) is 0.763. The summed E-state index contributed by atoms with van der Waals surface area (Å²) < 4.78 is 11.0. The first-order chi connectivity index (χ1) is 10.2. The summed E-state index contributed by atoms with van der Waals surface area (Å²) in [5.41, 5.74) is 1.98. The van der Waals surface area contributed by atoms with E-state index in [0.717, 1.165) is 5.56 Å². The molecule has 110 valence electrons. The third kappa shape index (κ3) is 3.60.